The Labute approximate surface area is 335 Å². The molecule has 1 aromatic heterocycles. The van der Waals surface area contributed by atoms with Crippen molar-refractivity contribution in [1.82, 2.24) is 6.15 Å². The average Bonchev–Trinajstić information content (AvgIpc) is 3.58. The maximum Gasteiger partial charge on any atom is 0.213 e. The highest BCUT2D eigenvalue weighted by Crippen LogP contribution is 2.42. The first-order valence-corrected chi connectivity index (χ1v) is 21.7. The van der Waals surface area contributed by atoms with Crippen molar-refractivity contribution < 1.29 is 30.5 Å². The number of rotatable bonds is 14. The van der Waals surface area contributed by atoms with Gasteiger partial charge < -0.3 is 25.1 Å². The Morgan fingerprint density at radius 2 is 1.33 bits per heavy atom. The molecule has 294 valence electrons. The standard InChI is InChI=1S/C45H43N3O6S2.H3N/c49-55(50,51)33-11-29-46-31-27-35(41-17-7-9-19-43(41)46)21-23-37-25-26-38(45(37)48(39-13-3-1-4-14-39)40-15-5-2-6-16-40)24-22-36-28-32-47(30-12-34-56(52,53)54)44-20-10-8-18-42(36)44;/h1-10,13-24,27-28,31-32H,11-12,25-26,29-30,33-34H2,(H-,49,50,51,52,53,54);1H3. The van der Waals surface area contributed by atoms with E-state index >= 15 is 0 Å². The molecule has 5 aromatic rings. The molecule has 12 heteroatoms. The summed E-state index contributed by atoms with van der Waals surface area (Å²) >= 11 is 0. The summed E-state index contributed by atoms with van der Waals surface area (Å²) in [5, 5.41) is 1.02. The van der Waals surface area contributed by atoms with E-state index in [1.807, 2.05) is 107 Å². The molecule has 0 amide bonds. The van der Waals surface area contributed by atoms with Crippen molar-refractivity contribution in [3.05, 3.63) is 180 Å². The van der Waals surface area contributed by atoms with Crippen molar-refractivity contribution in [2.45, 2.75) is 32.2 Å². The van der Waals surface area contributed by atoms with Crippen molar-refractivity contribution in [2.75, 3.05) is 27.9 Å². The molecule has 4 N–H and O–H groups in total. The molecule has 2 heterocycles. The van der Waals surface area contributed by atoms with Gasteiger partial charge in [-0.25, -0.2) is 16.8 Å². The monoisotopic (exact) mass is 802 g/mol. The Balaban J connectivity index is 0.00000549. The van der Waals surface area contributed by atoms with Crippen LogP contribution in [0.4, 0.5) is 17.1 Å². The summed E-state index contributed by atoms with van der Waals surface area (Å²) in [5.41, 5.74) is 10.5. The minimum Gasteiger partial charge on any atom is -0.748 e. The molecular weight excluding hydrogens is 757 g/mol. The van der Waals surface area contributed by atoms with Crippen LogP contribution < -0.4 is 20.5 Å². The average molecular weight is 803 g/mol. The lowest BCUT2D eigenvalue weighted by Gasteiger charge is -2.29. The number of benzene rings is 4. The molecule has 0 fully saturated rings. The number of allylic oxidation sites excluding steroid dienone is 7. The minimum absolute atomic E-state index is 0. The lowest BCUT2D eigenvalue weighted by atomic mass is 9.98. The van der Waals surface area contributed by atoms with Crippen LogP contribution in [0.25, 0.3) is 22.6 Å². The molecule has 0 spiro atoms. The Bertz CT molecular complexity index is 2560. The molecule has 7 rings (SSSR count). The van der Waals surface area contributed by atoms with E-state index in [1.165, 1.54) is 11.1 Å². The highest BCUT2D eigenvalue weighted by atomic mass is 32.2. The van der Waals surface area contributed by atoms with Gasteiger partial charge in [-0.05, 0) is 84.0 Å². The van der Waals surface area contributed by atoms with Crippen molar-refractivity contribution in [1.29, 1.82) is 0 Å². The molecule has 0 atom stereocenters. The van der Waals surface area contributed by atoms with Crippen LogP contribution >= 0.6 is 0 Å². The van der Waals surface area contributed by atoms with Crippen LogP contribution in [0.5, 0.6) is 0 Å². The van der Waals surface area contributed by atoms with E-state index in [0.717, 1.165) is 63.2 Å². The second-order valence-electron chi connectivity index (χ2n) is 13.8. The van der Waals surface area contributed by atoms with Crippen molar-refractivity contribution in [3.63, 3.8) is 0 Å². The maximum atomic E-state index is 11.3. The maximum absolute atomic E-state index is 11.3. The van der Waals surface area contributed by atoms with Gasteiger partial charge in [-0.15, -0.1) is 0 Å². The van der Waals surface area contributed by atoms with Crippen LogP contribution in [0.2, 0.25) is 0 Å². The Hall–Kier alpha value is -5.63. The first-order valence-electron chi connectivity index (χ1n) is 18.6. The zero-order chi connectivity index (χ0) is 39.1. The number of aryl methyl sites for hydroxylation is 1. The van der Waals surface area contributed by atoms with E-state index in [9.17, 15) is 25.9 Å². The second kappa shape index (κ2) is 18.1. The van der Waals surface area contributed by atoms with Gasteiger partial charge in [0, 0.05) is 65.4 Å². The normalized spacial score (nSPS) is 15.8. The van der Waals surface area contributed by atoms with E-state index < -0.39 is 31.7 Å². The molecule has 0 unspecified atom stereocenters. The number of para-hydroxylation sites is 4. The van der Waals surface area contributed by atoms with E-state index in [1.54, 1.807) is 0 Å². The summed E-state index contributed by atoms with van der Waals surface area (Å²) in [4.78, 5) is 4.31. The largest absolute Gasteiger partial charge is 0.748 e. The number of hydrogen-bond acceptors (Lipinski definition) is 8. The lowest BCUT2D eigenvalue weighted by molar-refractivity contribution is -0.671. The third-order valence-electron chi connectivity index (χ3n) is 9.96. The third kappa shape index (κ3) is 10.2. The molecule has 0 saturated heterocycles. The molecule has 1 aliphatic carbocycles. The number of anilines is 3. The fourth-order valence-corrected chi connectivity index (χ4v) is 8.35. The Morgan fingerprint density at radius 3 is 2.04 bits per heavy atom. The van der Waals surface area contributed by atoms with Gasteiger partial charge in [-0.2, -0.15) is 4.57 Å². The van der Waals surface area contributed by atoms with Crippen molar-refractivity contribution >= 4 is 59.9 Å². The SMILES string of the molecule is O=S(=O)([O-])CCCN1C=C/C(=C\C=C2/CCC(/C=C/c3cc[n+](CCCS(=O)(=O)[O-])c4ccccc34)=C2N(c2ccccc2)c2ccccc2)c2ccccc21.[NH4+]. The van der Waals surface area contributed by atoms with Crippen LogP contribution in [-0.2, 0) is 26.8 Å². The summed E-state index contributed by atoms with van der Waals surface area (Å²) in [7, 11) is -8.57. The zero-order valence-electron chi connectivity index (χ0n) is 31.8. The van der Waals surface area contributed by atoms with Crippen LogP contribution in [0, 0.1) is 0 Å². The number of nitrogens with zero attached hydrogens (tertiary/aromatic N) is 3. The van der Waals surface area contributed by atoms with Crippen LogP contribution in [0.3, 0.4) is 0 Å². The zero-order valence-corrected chi connectivity index (χ0v) is 33.4. The third-order valence-corrected chi connectivity index (χ3v) is 11.5. The number of pyridine rings is 1. The molecule has 10 nitrogen and oxygen atoms in total. The smallest absolute Gasteiger partial charge is 0.213 e. The lowest BCUT2D eigenvalue weighted by Crippen LogP contribution is -2.35. The van der Waals surface area contributed by atoms with Gasteiger partial charge in [-0.3, -0.25) is 0 Å². The molecule has 4 aromatic carbocycles. The summed E-state index contributed by atoms with van der Waals surface area (Å²) in [6.45, 7) is 0.828. The molecule has 2 aliphatic rings. The van der Waals surface area contributed by atoms with E-state index in [4.69, 9.17) is 0 Å². The van der Waals surface area contributed by atoms with Crippen molar-refractivity contribution in [2.24, 2.45) is 0 Å². The molecule has 0 bridgehead atoms. The Kier molecular flexibility index (Phi) is 13.0. The van der Waals surface area contributed by atoms with Crippen molar-refractivity contribution in [3.8, 4) is 0 Å². The van der Waals surface area contributed by atoms with E-state index in [-0.39, 0.29) is 19.0 Å². The summed E-state index contributed by atoms with van der Waals surface area (Å²) in [6.07, 6.45) is 16.7. The van der Waals surface area contributed by atoms with Crippen LogP contribution in [-0.4, -0.2) is 44.0 Å². The van der Waals surface area contributed by atoms with E-state index in [0.29, 0.717) is 13.1 Å². The first kappa shape index (κ1) is 41.0. The number of aromatic nitrogens is 1. The summed E-state index contributed by atoms with van der Waals surface area (Å²) in [6, 6.07) is 38.7. The predicted molar refractivity (Wildman–Crippen MR) is 228 cm³/mol. The van der Waals surface area contributed by atoms with E-state index in [2.05, 4.69) is 65.6 Å². The Morgan fingerprint density at radius 1 is 0.702 bits per heavy atom. The number of quaternary nitrogens is 1. The van der Waals surface area contributed by atoms with Crippen LogP contribution in [0.1, 0.15) is 36.8 Å². The predicted octanol–water partition coefficient (Wildman–Crippen LogP) is 8.62. The fourth-order valence-electron chi connectivity index (χ4n) is 7.39. The minimum atomic E-state index is -4.29. The van der Waals surface area contributed by atoms with Gasteiger partial charge in [0.1, 0.15) is 6.54 Å². The molecular formula is C45H46N4O6S2. The highest BCUT2D eigenvalue weighted by molar-refractivity contribution is 7.85. The van der Waals surface area contributed by atoms with Gasteiger partial charge in [0.15, 0.2) is 6.20 Å². The van der Waals surface area contributed by atoms with Gasteiger partial charge in [0.25, 0.3) is 0 Å². The van der Waals surface area contributed by atoms with Gasteiger partial charge >= 0.3 is 0 Å². The highest BCUT2D eigenvalue weighted by Gasteiger charge is 2.26. The number of fused-ring (bicyclic) bond motifs is 2. The van der Waals surface area contributed by atoms with Crippen LogP contribution in [0.15, 0.2) is 169 Å². The summed E-state index contributed by atoms with van der Waals surface area (Å²) in [5.74, 6) is -0.810. The second-order valence-corrected chi connectivity index (χ2v) is 16.8. The molecule has 1 aliphatic heterocycles. The molecule has 0 radical (unpaired) electrons. The van der Waals surface area contributed by atoms with Gasteiger partial charge in [-0.1, -0.05) is 91.0 Å². The van der Waals surface area contributed by atoms with Gasteiger partial charge in [0.05, 0.1) is 31.3 Å². The quantitative estimate of drug-likeness (QED) is 0.0863. The number of hydrogen-bond donors (Lipinski definition) is 1. The van der Waals surface area contributed by atoms with Gasteiger partial charge in [0.2, 0.25) is 5.52 Å². The molecule has 0 saturated carbocycles. The fraction of sp³-hybridized carbons (Fsp3) is 0.178. The topological polar surface area (TPSA) is 161 Å². The summed E-state index contributed by atoms with van der Waals surface area (Å²) < 4.78 is 69.5. The molecule has 57 heavy (non-hydrogen) atoms. The first-order chi connectivity index (χ1) is 27.0.